The van der Waals surface area contributed by atoms with E-state index < -0.39 is 0 Å². The van der Waals surface area contributed by atoms with Gasteiger partial charge >= 0.3 is 5.97 Å². The zero-order valence-electron chi connectivity index (χ0n) is 40.9. The Kier molecular flexibility index (Phi) is 23.9. The average molecular weight is 819 g/mol. The third kappa shape index (κ3) is 16.2. The van der Waals surface area contributed by atoms with Crippen molar-refractivity contribution in [1.82, 2.24) is 0 Å². The number of rotatable bonds is 32. The molecule has 4 aliphatic rings. The number of unbranched alkanes of at least 4 members (excludes halogenated alkanes) is 24. The van der Waals surface area contributed by atoms with Gasteiger partial charge in [0, 0.05) is 6.42 Å². The van der Waals surface area contributed by atoms with Crippen molar-refractivity contribution in [3.05, 3.63) is 23.8 Å². The molecule has 4 rings (SSSR count). The highest BCUT2D eigenvalue weighted by Crippen LogP contribution is 2.67. The van der Waals surface area contributed by atoms with Crippen LogP contribution in [0.1, 0.15) is 273 Å². The highest BCUT2D eigenvalue weighted by molar-refractivity contribution is 5.69. The second kappa shape index (κ2) is 27.9. The van der Waals surface area contributed by atoms with Crippen LogP contribution in [0.25, 0.3) is 0 Å². The highest BCUT2D eigenvalue weighted by atomic mass is 16.5. The van der Waals surface area contributed by atoms with Gasteiger partial charge in [-0.1, -0.05) is 226 Å². The molecule has 2 nitrogen and oxygen atoms in total. The van der Waals surface area contributed by atoms with Crippen LogP contribution in [0.5, 0.6) is 0 Å². The third-order valence-corrected chi connectivity index (χ3v) is 17.5. The van der Waals surface area contributed by atoms with Crippen LogP contribution in [-0.4, -0.2) is 12.1 Å². The van der Waals surface area contributed by atoms with Gasteiger partial charge in [0.2, 0.25) is 0 Å². The van der Waals surface area contributed by atoms with E-state index in [2.05, 4.69) is 66.7 Å². The average Bonchev–Trinajstić information content (AvgIpc) is 3.58. The van der Waals surface area contributed by atoms with Gasteiger partial charge in [-0.05, 0) is 116 Å². The maximum absolute atomic E-state index is 13.0. The predicted molar refractivity (Wildman–Crippen MR) is 258 cm³/mol. The summed E-state index contributed by atoms with van der Waals surface area (Å²) in [6.07, 6.45) is 55.2. The summed E-state index contributed by atoms with van der Waals surface area (Å²) >= 11 is 0. The molecule has 0 amide bonds. The van der Waals surface area contributed by atoms with Crippen molar-refractivity contribution in [2.75, 3.05) is 0 Å². The normalized spacial score (nSPS) is 28.9. The molecule has 0 aromatic rings. The molecule has 9 atom stereocenters. The lowest BCUT2D eigenvalue weighted by Gasteiger charge is -2.58. The van der Waals surface area contributed by atoms with Crippen LogP contribution in [0, 0.1) is 52.3 Å². The first-order chi connectivity index (χ1) is 28.6. The van der Waals surface area contributed by atoms with Crippen LogP contribution in [0.3, 0.4) is 0 Å². The van der Waals surface area contributed by atoms with Crippen LogP contribution in [0.15, 0.2) is 23.8 Å². The van der Waals surface area contributed by atoms with Gasteiger partial charge in [-0.15, -0.1) is 0 Å². The number of carbonyl (C=O) groups excluding carboxylic acids is 1. The van der Waals surface area contributed by atoms with Crippen molar-refractivity contribution < 1.29 is 9.53 Å². The number of ether oxygens (including phenoxy) is 1. The number of carbonyl (C=O) groups is 1. The second-order valence-corrected chi connectivity index (χ2v) is 22.2. The van der Waals surface area contributed by atoms with E-state index in [-0.39, 0.29) is 12.1 Å². The summed E-state index contributed by atoms with van der Waals surface area (Å²) < 4.78 is 6.20. The van der Waals surface area contributed by atoms with Gasteiger partial charge in [-0.2, -0.15) is 0 Å². The topological polar surface area (TPSA) is 26.3 Å². The summed E-state index contributed by atoms with van der Waals surface area (Å²) in [6, 6.07) is 0. The van der Waals surface area contributed by atoms with Crippen molar-refractivity contribution in [1.29, 1.82) is 0 Å². The maximum atomic E-state index is 13.0. The van der Waals surface area contributed by atoms with E-state index >= 15 is 0 Å². The smallest absolute Gasteiger partial charge is 0.306 e. The summed E-state index contributed by atoms with van der Waals surface area (Å²) in [5.74, 6) is 5.19. The molecule has 0 aliphatic heterocycles. The highest BCUT2D eigenvalue weighted by Gasteiger charge is 2.58. The largest absolute Gasteiger partial charge is 0.462 e. The van der Waals surface area contributed by atoms with Gasteiger partial charge in [0.1, 0.15) is 6.10 Å². The molecule has 9 unspecified atom stereocenters. The van der Waals surface area contributed by atoms with E-state index in [4.69, 9.17) is 4.74 Å². The minimum Gasteiger partial charge on any atom is -0.462 e. The molecule has 342 valence electrons. The summed E-state index contributed by atoms with van der Waals surface area (Å²) in [4.78, 5) is 13.0. The van der Waals surface area contributed by atoms with Crippen molar-refractivity contribution >= 4 is 5.97 Å². The molecule has 3 saturated carbocycles. The van der Waals surface area contributed by atoms with E-state index in [0.717, 1.165) is 42.9 Å². The zero-order chi connectivity index (χ0) is 42.4. The van der Waals surface area contributed by atoms with Crippen molar-refractivity contribution in [3.63, 3.8) is 0 Å². The maximum Gasteiger partial charge on any atom is 0.306 e. The summed E-state index contributed by atoms with van der Waals surface area (Å²) in [5, 5.41) is 0. The molecule has 3 fully saturated rings. The van der Waals surface area contributed by atoms with Gasteiger partial charge in [-0.3, -0.25) is 4.79 Å². The second-order valence-electron chi connectivity index (χ2n) is 22.2. The molecular weight excluding hydrogens is 717 g/mol. The molecule has 4 aliphatic carbocycles. The fourth-order valence-electron chi connectivity index (χ4n) is 13.4. The van der Waals surface area contributed by atoms with Gasteiger partial charge in [0.15, 0.2) is 0 Å². The quantitative estimate of drug-likeness (QED) is 0.0384. The zero-order valence-corrected chi connectivity index (χ0v) is 40.9. The SMILES string of the molecule is CCCCCCCCCCCCCCCCCCCCCCCCCCCC(=O)OC1CCC2(C)C(CC=C3C2CCC2(C)C3CCC2C(C)C=CC(CC)C(C)C)C1. The molecule has 0 N–H and O–H groups in total. The number of fused-ring (bicyclic) bond motifs is 5. The molecule has 0 aromatic heterocycles. The first kappa shape index (κ1) is 50.6. The number of esters is 1. The molecule has 0 radical (unpaired) electrons. The Balaban J connectivity index is 0.976. The van der Waals surface area contributed by atoms with E-state index in [1.165, 1.54) is 199 Å². The Morgan fingerprint density at radius 3 is 1.59 bits per heavy atom. The standard InChI is InChI=1S/C57H102O2/c1-8-10-11-12-13-14-15-16-17-18-19-20-21-22-23-24-25-26-27-28-29-30-31-32-33-34-55(58)59-50-41-43-56(6)49(45-50)37-38-51-53-40-39-52(57(53,7)44-42-54(51)56)47(5)35-36-48(9-2)46(3)4/h35-36,38,46-50,52-54H,8-34,37,39-45H2,1-7H3. The Morgan fingerprint density at radius 1 is 0.627 bits per heavy atom. The molecule has 0 spiro atoms. The van der Waals surface area contributed by atoms with Crippen LogP contribution in [0.2, 0.25) is 0 Å². The van der Waals surface area contributed by atoms with Crippen molar-refractivity contribution in [2.45, 2.75) is 279 Å². The predicted octanol–water partition coefficient (Wildman–Crippen LogP) is 18.5. The molecule has 0 bridgehead atoms. The van der Waals surface area contributed by atoms with E-state index in [9.17, 15) is 4.79 Å². The lowest BCUT2D eigenvalue weighted by Crippen LogP contribution is -2.50. The lowest BCUT2D eigenvalue weighted by atomic mass is 9.47. The van der Waals surface area contributed by atoms with E-state index in [0.29, 0.717) is 35.0 Å². The number of hydrogen-bond acceptors (Lipinski definition) is 2. The van der Waals surface area contributed by atoms with Crippen LogP contribution in [0.4, 0.5) is 0 Å². The summed E-state index contributed by atoms with van der Waals surface area (Å²) in [7, 11) is 0. The number of allylic oxidation sites excluding steroid dienone is 4. The van der Waals surface area contributed by atoms with Gasteiger partial charge < -0.3 is 4.74 Å². The lowest BCUT2D eigenvalue weighted by molar-refractivity contribution is -0.155. The summed E-state index contributed by atoms with van der Waals surface area (Å²) in [5.41, 5.74) is 2.69. The van der Waals surface area contributed by atoms with E-state index in [1.807, 2.05) is 5.57 Å². The Morgan fingerprint density at radius 2 is 1.10 bits per heavy atom. The van der Waals surface area contributed by atoms with Crippen LogP contribution in [-0.2, 0) is 9.53 Å². The van der Waals surface area contributed by atoms with Crippen LogP contribution < -0.4 is 0 Å². The molecule has 59 heavy (non-hydrogen) atoms. The van der Waals surface area contributed by atoms with E-state index in [1.54, 1.807) is 0 Å². The van der Waals surface area contributed by atoms with Gasteiger partial charge in [-0.25, -0.2) is 0 Å². The van der Waals surface area contributed by atoms with Gasteiger partial charge in [0.25, 0.3) is 0 Å². The van der Waals surface area contributed by atoms with Crippen molar-refractivity contribution in [3.8, 4) is 0 Å². The summed E-state index contributed by atoms with van der Waals surface area (Å²) in [6.45, 7) is 17.2. The molecule has 0 saturated heterocycles. The molecule has 2 heteroatoms. The minimum absolute atomic E-state index is 0.0759. The third-order valence-electron chi connectivity index (χ3n) is 17.5. The Hall–Kier alpha value is -1.05. The van der Waals surface area contributed by atoms with Crippen molar-refractivity contribution in [2.24, 2.45) is 52.3 Å². The monoisotopic (exact) mass is 819 g/mol. The first-order valence-corrected chi connectivity index (χ1v) is 27.2. The Bertz CT molecular complexity index is 1180. The Labute approximate surface area is 369 Å². The van der Waals surface area contributed by atoms with Crippen LogP contribution >= 0.6 is 0 Å². The fraction of sp³-hybridized carbons (Fsp3) is 0.912. The molecule has 0 aromatic carbocycles. The fourth-order valence-corrected chi connectivity index (χ4v) is 13.4. The molecule has 0 heterocycles. The molecular formula is C57H102O2. The van der Waals surface area contributed by atoms with Gasteiger partial charge in [0.05, 0.1) is 0 Å². The minimum atomic E-state index is 0.0759. The first-order valence-electron chi connectivity index (χ1n) is 27.2. The number of hydrogen-bond donors (Lipinski definition) is 0.